The van der Waals surface area contributed by atoms with Crippen molar-refractivity contribution >= 4 is 34.6 Å². The molecule has 5 nitrogen and oxygen atoms in total. The van der Waals surface area contributed by atoms with Crippen LogP contribution in [0.25, 0.3) is 0 Å². The van der Waals surface area contributed by atoms with Gasteiger partial charge in [0.25, 0.3) is 0 Å². The first-order valence-corrected chi connectivity index (χ1v) is 13.6. The lowest BCUT2D eigenvalue weighted by atomic mass is 9.86. The number of anilines is 3. The lowest BCUT2D eigenvalue weighted by molar-refractivity contribution is -0.118. The van der Waals surface area contributed by atoms with Crippen molar-refractivity contribution in [1.29, 1.82) is 0 Å². The molecule has 1 aromatic heterocycles. The fraction of sp³-hybridized carbons (Fsp3) is 0.250. The predicted molar refractivity (Wildman–Crippen MR) is 155 cm³/mol. The predicted octanol–water partition coefficient (Wildman–Crippen LogP) is 7.01. The van der Waals surface area contributed by atoms with E-state index in [0.717, 1.165) is 40.3 Å². The maximum atomic E-state index is 13.7. The Morgan fingerprint density at radius 3 is 2.39 bits per heavy atom. The van der Waals surface area contributed by atoms with Crippen molar-refractivity contribution in [3.05, 3.63) is 119 Å². The molecule has 0 spiro atoms. The molecule has 4 aromatic rings. The summed E-state index contributed by atoms with van der Waals surface area (Å²) in [6.45, 7) is 0.780. The molecular formula is C32H31ClN4O. The van der Waals surface area contributed by atoms with Gasteiger partial charge in [-0.2, -0.15) is 0 Å². The van der Waals surface area contributed by atoms with Gasteiger partial charge in [0.05, 0.1) is 12.5 Å². The fourth-order valence-electron chi connectivity index (χ4n) is 5.41. The van der Waals surface area contributed by atoms with Crippen molar-refractivity contribution in [2.75, 3.05) is 22.2 Å². The Morgan fingerprint density at radius 2 is 1.71 bits per heavy atom. The number of hydrogen-bond acceptors (Lipinski definition) is 4. The van der Waals surface area contributed by atoms with Crippen LogP contribution in [0.1, 0.15) is 47.6 Å². The summed E-state index contributed by atoms with van der Waals surface area (Å²) in [5.74, 6) is 0.0926. The maximum Gasteiger partial charge on any atom is 0.232 e. The van der Waals surface area contributed by atoms with Crippen LogP contribution >= 0.6 is 11.6 Å². The molecule has 2 aliphatic rings. The molecule has 1 aliphatic carbocycles. The van der Waals surface area contributed by atoms with Gasteiger partial charge in [0.15, 0.2) is 0 Å². The third-order valence-corrected chi connectivity index (χ3v) is 7.96. The molecule has 192 valence electrons. The summed E-state index contributed by atoms with van der Waals surface area (Å²) in [6, 6.07) is 27.0. The highest BCUT2D eigenvalue weighted by molar-refractivity contribution is 6.30. The average molecular weight is 523 g/mol. The van der Waals surface area contributed by atoms with Crippen molar-refractivity contribution < 1.29 is 4.79 Å². The second kappa shape index (κ2) is 10.5. The van der Waals surface area contributed by atoms with Crippen molar-refractivity contribution in [3.63, 3.8) is 0 Å². The average Bonchev–Trinajstić information content (AvgIpc) is 2.91. The number of hydrogen-bond donors (Lipinski definition) is 1. The van der Waals surface area contributed by atoms with Crippen LogP contribution in [0.2, 0.25) is 5.02 Å². The number of amides is 1. The van der Waals surface area contributed by atoms with E-state index in [2.05, 4.69) is 64.7 Å². The van der Waals surface area contributed by atoms with Gasteiger partial charge in [0.2, 0.25) is 5.91 Å². The number of nitrogens with zero attached hydrogens (tertiary/aromatic N) is 3. The number of fused-ring (bicyclic) bond motifs is 1. The Morgan fingerprint density at radius 1 is 0.974 bits per heavy atom. The lowest BCUT2D eigenvalue weighted by Crippen LogP contribution is -2.41. The summed E-state index contributed by atoms with van der Waals surface area (Å²) in [6.07, 6.45) is 7.72. The summed E-state index contributed by atoms with van der Waals surface area (Å²) in [7, 11) is 2.07. The quantitative estimate of drug-likeness (QED) is 0.283. The van der Waals surface area contributed by atoms with Gasteiger partial charge in [0.1, 0.15) is 0 Å². The molecule has 0 bridgehead atoms. The highest BCUT2D eigenvalue weighted by atomic mass is 35.5. The summed E-state index contributed by atoms with van der Waals surface area (Å²) in [5.41, 5.74) is 7.58. The Labute approximate surface area is 229 Å². The molecule has 2 heterocycles. The lowest BCUT2D eigenvalue weighted by Gasteiger charge is -2.38. The number of benzene rings is 3. The van der Waals surface area contributed by atoms with E-state index in [9.17, 15) is 4.79 Å². The topological polar surface area (TPSA) is 48.5 Å². The second-order valence-corrected chi connectivity index (χ2v) is 10.7. The van der Waals surface area contributed by atoms with E-state index in [1.807, 2.05) is 53.7 Å². The third kappa shape index (κ3) is 4.99. The van der Waals surface area contributed by atoms with Crippen LogP contribution in [-0.2, 0) is 17.8 Å². The monoisotopic (exact) mass is 522 g/mol. The summed E-state index contributed by atoms with van der Waals surface area (Å²) in [5, 5.41) is 4.37. The molecule has 1 saturated carbocycles. The minimum absolute atomic E-state index is 0.0926. The van der Waals surface area contributed by atoms with Crippen LogP contribution in [0.4, 0.5) is 17.1 Å². The van der Waals surface area contributed by atoms with E-state index in [1.54, 1.807) is 0 Å². The number of rotatable bonds is 7. The zero-order chi connectivity index (χ0) is 26.1. The minimum Gasteiger partial charge on any atom is -0.382 e. The molecule has 1 amide bonds. The van der Waals surface area contributed by atoms with E-state index in [0.29, 0.717) is 17.5 Å². The minimum atomic E-state index is -0.230. The van der Waals surface area contributed by atoms with Gasteiger partial charge in [-0.05, 0) is 102 Å². The largest absolute Gasteiger partial charge is 0.382 e. The zero-order valence-electron chi connectivity index (χ0n) is 21.5. The molecule has 3 aromatic carbocycles. The molecule has 1 unspecified atom stereocenters. The first-order valence-electron chi connectivity index (χ1n) is 13.2. The highest BCUT2D eigenvalue weighted by Crippen LogP contribution is 2.41. The highest BCUT2D eigenvalue weighted by Gasteiger charge is 2.35. The first-order chi connectivity index (χ1) is 18.5. The van der Waals surface area contributed by atoms with Crippen molar-refractivity contribution in [1.82, 2.24) is 4.98 Å². The molecule has 1 fully saturated rings. The molecule has 0 saturated heterocycles. The van der Waals surface area contributed by atoms with Crippen LogP contribution in [0, 0.1) is 0 Å². The standard InChI is InChI=1S/C32H31ClN4O/c1-36(21-22-15-17-34-18-16-22)28-11-13-29(14-12-28)37-31(38)19-24-7-10-27(35-26-3-2-4-26)20-30(24)32(37)23-5-8-25(33)9-6-23/h5-18,20,26,32,35H,2-4,19,21H2,1H3. The van der Waals surface area contributed by atoms with Gasteiger partial charge in [-0.15, -0.1) is 0 Å². The molecule has 6 rings (SSSR count). The number of aromatic nitrogens is 1. The normalized spacial score (nSPS) is 17.1. The van der Waals surface area contributed by atoms with Gasteiger partial charge < -0.3 is 15.1 Å². The van der Waals surface area contributed by atoms with Crippen LogP contribution in [-0.4, -0.2) is 24.0 Å². The van der Waals surface area contributed by atoms with Gasteiger partial charge in [-0.1, -0.05) is 29.8 Å². The van der Waals surface area contributed by atoms with E-state index < -0.39 is 0 Å². The van der Waals surface area contributed by atoms with Crippen LogP contribution in [0.15, 0.2) is 91.3 Å². The number of carbonyl (C=O) groups excluding carboxylic acids is 1. The molecule has 1 atom stereocenters. The molecule has 1 aliphatic heterocycles. The number of nitrogens with one attached hydrogen (secondary N) is 1. The van der Waals surface area contributed by atoms with Crippen molar-refractivity contribution in [2.45, 2.75) is 44.3 Å². The first kappa shape index (κ1) is 24.5. The zero-order valence-corrected chi connectivity index (χ0v) is 22.2. The molecule has 1 N–H and O–H groups in total. The van der Waals surface area contributed by atoms with Crippen LogP contribution < -0.4 is 15.1 Å². The van der Waals surface area contributed by atoms with Gasteiger partial charge in [0, 0.05) is 54.1 Å². The van der Waals surface area contributed by atoms with Crippen molar-refractivity contribution in [2.24, 2.45) is 0 Å². The molecular weight excluding hydrogens is 492 g/mol. The smallest absolute Gasteiger partial charge is 0.232 e. The Balaban J connectivity index is 1.34. The van der Waals surface area contributed by atoms with E-state index in [4.69, 9.17) is 11.6 Å². The van der Waals surface area contributed by atoms with Crippen LogP contribution in [0.3, 0.4) is 0 Å². The van der Waals surface area contributed by atoms with E-state index in [1.165, 1.54) is 24.8 Å². The fourth-order valence-corrected chi connectivity index (χ4v) is 5.53. The van der Waals surface area contributed by atoms with Crippen LogP contribution in [0.5, 0.6) is 0 Å². The van der Waals surface area contributed by atoms with E-state index >= 15 is 0 Å². The Hall–Kier alpha value is -3.83. The summed E-state index contributed by atoms with van der Waals surface area (Å²) < 4.78 is 0. The van der Waals surface area contributed by atoms with Crippen molar-refractivity contribution in [3.8, 4) is 0 Å². The number of pyridine rings is 1. The number of carbonyl (C=O) groups is 1. The SMILES string of the molecule is CN(Cc1ccncc1)c1ccc(N2C(=O)Cc3ccc(NC4CCC4)cc3C2c2ccc(Cl)cc2)cc1. The number of halogens is 1. The Kier molecular flexibility index (Phi) is 6.77. The van der Waals surface area contributed by atoms with E-state index in [-0.39, 0.29) is 11.9 Å². The summed E-state index contributed by atoms with van der Waals surface area (Å²) >= 11 is 6.24. The Bertz CT molecular complexity index is 1420. The second-order valence-electron chi connectivity index (χ2n) is 10.3. The molecule has 0 radical (unpaired) electrons. The maximum absolute atomic E-state index is 13.7. The van der Waals surface area contributed by atoms with Gasteiger partial charge >= 0.3 is 0 Å². The summed E-state index contributed by atoms with van der Waals surface area (Å²) in [4.78, 5) is 21.9. The van der Waals surface area contributed by atoms with Gasteiger partial charge in [-0.25, -0.2) is 0 Å². The third-order valence-electron chi connectivity index (χ3n) is 7.71. The molecule has 38 heavy (non-hydrogen) atoms. The molecule has 6 heteroatoms. The van der Waals surface area contributed by atoms with Gasteiger partial charge in [-0.3, -0.25) is 9.78 Å².